The first-order valence-corrected chi connectivity index (χ1v) is 4.32. The molecule has 0 N–H and O–H groups in total. The molecule has 0 aliphatic rings. The summed E-state index contributed by atoms with van der Waals surface area (Å²) in [6.45, 7) is 6.38. The van der Waals surface area contributed by atoms with Crippen molar-refractivity contribution in [3.63, 3.8) is 0 Å². The summed E-state index contributed by atoms with van der Waals surface area (Å²) in [5.74, 6) is 0.581. The highest BCUT2D eigenvalue weighted by molar-refractivity contribution is 5.45. The number of nitrogens with zero attached hydrogens (tertiary/aromatic N) is 1. The molecule has 1 nitrogen and oxygen atoms in total. The number of allylic oxidation sites excluding steroid dienone is 1. The molecular formula is C11H15N. The summed E-state index contributed by atoms with van der Waals surface area (Å²) >= 11 is 0. The highest BCUT2D eigenvalue weighted by Gasteiger charge is 1.98. The molecule has 0 aliphatic carbocycles. The van der Waals surface area contributed by atoms with Crippen molar-refractivity contribution in [2.45, 2.75) is 26.7 Å². The van der Waals surface area contributed by atoms with Crippen LogP contribution in [0.4, 0.5) is 0 Å². The molecule has 0 aliphatic heterocycles. The Balaban J connectivity index is 2.95. The van der Waals surface area contributed by atoms with Gasteiger partial charge in [-0.3, -0.25) is 4.98 Å². The Bertz CT molecular complexity index is 274. The van der Waals surface area contributed by atoms with Crippen LogP contribution in [0.25, 0.3) is 6.08 Å². The summed E-state index contributed by atoms with van der Waals surface area (Å²) in [6, 6.07) is 4.20. The van der Waals surface area contributed by atoms with Crippen LogP contribution in [0.2, 0.25) is 0 Å². The third-order valence-electron chi connectivity index (χ3n) is 1.81. The monoisotopic (exact) mass is 161 g/mol. The van der Waals surface area contributed by atoms with Crippen molar-refractivity contribution < 1.29 is 0 Å². The summed E-state index contributed by atoms with van der Waals surface area (Å²) in [7, 11) is 0. The highest BCUT2D eigenvalue weighted by atomic mass is 14.7. The maximum Gasteiger partial charge on any atom is 0.0629 e. The molecule has 0 radical (unpaired) electrons. The molecule has 0 saturated carbocycles. The van der Waals surface area contributed by atoms with Gasteiger partial charge in [0.25, 0.3) is 0 Å². The third-order valence-corrected chi connectivity index (χ3v) is 1.81. The molecule has 0 saturated heterocycles. The Hall–Kier alpha value is -1.11. The van der Waals surface area contributed by atoms with E-state index in [-0.39, 0.29) is 0 Å². The molecule has 1 aromatic heterocycles. The largest absolute Gasteiger partial charge is 0.257 e. The fourth-order valence-electron chi connectivity index (χ4n) is 1.09. The van der Waals surface area contributed by atoms with Crippen LogP contribution in [-0.2, 0) is 0 Å². The molecule has 1 heterocycles. The second-order valence-corrected chi connectivity index (χ2v) is 3.17. The second kappa shape index (κ2) is 4.05. The minimum Gasteiger partial charge on any atom is -0.257 e. The minimum atomic E-state index is 0.581. The molecule has 1 rings (SSSR count). The van der Waals surface area contributed by atoms with Crippen molar-refractivity contribution in [3.8, 4) is 0 Å². The second-order valence-electron chi connectivity index (χ2n) is 3.17. The molecule has 0 unspecified atom stereocenters. The lowest BCUT2D eigenvalue weighted by molar-refractivity contribution is 0.862. The number of rotatable bonds is 2. The Morgan fingerprint density at radius 3 is 2.75 bits per heavy atom. The van der Waals surface area contributed by atoms with Crippen molar-refractivity contribution in [1.82, 2.24) is 4.98 Å². The van der Waals surface area contributed by atoms with E-state index in [1.807, 2.05) is 25.3 Å². The average Bonchev–Trinajstić information content (AvgIpc) is 2.05. The lowest BCUT2D eigenvalue weighted by atomic mass is 10.0. The van der Waals surface area contributed by atoms with Crippen LogP contribution in [0.3, 0.4) is 0 Å². The van der Waals surface area contributed by atoms with Crippen LogP contribution in [-0.4, -0.2) is 4.98 Å². The van der Waals surface area contributed by atoms with Gasteiger partial charge in [0, 0.05) is 6.20 Å². The van der Waals surface area contributed by atoms with Gasteiger partial charge >= 0.3 is 0 Å². The van der Waals surface area contributed by atoms with E-state index in [0.29, 0.717) is 5.92 Å². The van der Waals surface area contributed by atoms with Crippen LogP contribution < -0.4 is 0 Å². The summed E-state index contributed by atoms with van der Waals surface area (Å²) in [5.41, 5.74) is 2.39. The molecule has 0 bridgehead atoms. The van der Waals surface area contributed by atoms with E-state index in [1.54, 1.807) is 0 Å². The lowest BCUT2D eigenvalue weighted by Gasteiger charge is -2.04. The van der Waals surface area contributed by atoms with Gasteiger partial charge in [-0.15, -0.1) is 0 Å². The van der Waals surface area contributed by atoms with Gasteiger partial charge in [-0.1, -0.05) is 19.9 Å². The standard InChI is InChI=1S/C11H15N/c1-4-5-11-8-10(9(2)3)6-7-12-11/h4-9H,1-3H3/b5-4+. The van der Waals surface area contributed by atoms with Crippen LogP contribution in [0.5, 0.6) is 0 Å². The fraction of sp³-hybridized carbons (Fsp3) is 0.364. The van der Waals surface area contributed by atoms with E-state index >= 15 is 0 Å². The zero-order valence-electron chi connectivity index (χ0n) is 7.91. The fourth-order valence-corrected chi connectivity index (χ4v) is 1.09. The van der Waals surface area contributed by atoms with Crippen LogP contribution in [0.1, 0.15) is 37.9 Å². The lowest BCUT2D eigenvalue weighted by Crippen LogP contribution is -1.89. The SMILES string of the molecule is C/C=C/c1cc(C(C)C)ccn1. The molecular weight excluding hydrogens is 146 g/mol. The molecule has 0 spiro atoms. The van der Waals surface area contributed by atoms with E-state index in [9.17, 15) is 0 Å². The number of pyridine rings is 1. The zero-order valence-corrected chi connectivity index (χ0v) is 7.91. The molecule has 1 heteroatoms. The van der Waals surface area contributed by atoms with E-state index in [1.165, 1.54) is 5.56 Å². The predicted octanol–water partition coefficient (Wildman–Crippen LogP) is 3.24. The number of aromatic nitrogens is 1. The topological polar surface area (TPSA) is 12.9 Å². The van der Waals surface area contributed by atoms with Gasteiger partial charge < -0.3 is 0 Å². The first-order chi connectivity index (χ1) is 5.74. The molecule has 64 valence electrons. The smallest absolute Gasteiger partial charge is 0.0629 e. The summed E-state index contributed by atoms with van der Waals surface area (Å²) in [4.78, 5) is 4.22. The zero-order chi connectivity index (χ0) is 8.97. The van der Waals surface area contributed by atoms with Gasteiger partial charge in [0.05, 0.1) is 5.69 Å². The van der Waals surface area contributed by atoms with Gasteiger partial charge in [-0.25, -0.2) is 0 Å². The van der Waals surface area contributed by atoms with Crippen molar-refractivity contribution >= 4 is 6.08 Å². The molecule has 0 atom stereocenters. The molecule has 0 fully saturated rings. The van der Waals surface area contributed by atoms with Crippen molar-refractivity contribution in [3.05, 3.63) is 35.7 Å². The van der Waals surface area contributed by atoms with Gasteiger partial charge in [-0.05, 0) is 36.6 Å². The normalized spacial score (nSPS) is 11.3. The number of hydrogen-bond acceptors (Lipinski definition) is 1. The Morgan fingerprint density at radius 1 is 1.42 bits per heavy atom. The maximum absolute atomic E-state index is 4.22. The highest BCUT2D eigenvalue weighted by Crippen LogP contribution is 2.14. The molecule has 12 heavy (non-hydrogen) atoms. The van der Waals surface area contributed by atoms with Gasteiger partial charge in [0.1, 0.15) is 0 Å². The van der Waals surface area contributed by atoms with E-state index in [0.717, 1.165) is 5.69 Å². The van der Waals surface area contributed by atoms with Crippen molar-refractivity contribution in [1.29, 1.82) is 0 Å². The van der Waals surface area contributed by atoms with Crippen LogP contribution >= 0.6 is 0 Å². The first-order valence-electron chi connectivity index (χ1n) is 4.32. The Kier molecular flexibility index (Phi) is 3.03. The van der Waals surface area contributed by atoms with E-state index in [4.69, 9.17) is 0 Å². The first kappa shape index (κ1) is 8.98. The van der Waals surface area contributed by atoms with Gasteiger partial charge in [0.15, 0.2) is 0 Å². The van der Waals surface area contributed by atoms with Crippen molar-refractivity contribution in [2.24, 2.45) is 0 Å². The van der Waals surface area contributed by atoms with Crippen molar-refractivity contribution in [2.75, 3.05) is 0 Å². The summed E-state index contributed by atoms with van der Waals surface area (Å²) in [6.07, 6.45) is 5.89. The number of hydrogen-bond donors (Lipinski definition) is 0. The predicted molar refractivity (Wildman–Crippen MR) is 53.0 cm³/mol. The maximum atomic E-state index is 4.22. The average molecular weight is 161 g/mol. The van der Waals surface area contributed by atoms with Gasteiger partial charge in [0.2, 0.25) is 0 Å². The van der Waals surface area contributed by atoms with E-state index < -0.39 is 0 Å². The Labute approximate surface area is 74.2 Å². The molecule has 1 aromatic rings. The van der Waals surface area contributed by atoms with Crippen LogP contribution in [0.15, 0.2) is 24.4 Å². The summed E-state index contributed by atoms with van der Waals surface area (Å²) < 4.78 is 0. The van der Waals surface area contributed by atoms with E-state index in [2.05, 4.69) is 31.0 Å². The minimum absolute atomic E-state index is 0.581. The molecule has 0 aromatic carbocycles. The summed E-state index contributed by atoms with van der Waals surface area (Å²) in [5, 5.41) is 0. The Morgan fingerprint density at radius 2 is 2.17 bits per heavy atom. The molecule has 0 amide bonds. The quantitative estimate of drug-likeness (QED) is 0.649. The third kappa shape index (κ3) is 2.19. The van der Waals surface area contributed by atoms with Crippen LogP contribution in [0, 0.1) is 0 Å². The van der Waals surface area contributed by atoms with Gasteiger partial charge in [-0.2, -0.15) is 0 Å².